The zero-order chi connectivity index (χ0) is 18.7. The Balaban J connectivity index is 2.36. The quantitative estimate of drug-likeness (QED) is 0.762. The molecule has 3 amide bonds. The van der Waals surface area contributed by atoms with Crippen molar-refractivity contribution in [3.8, 4) is 0 Å². The van der Waals surface area contributed by atoms with Crippen LogP contribution < -0.4 is 15.5 Å². The van der Waals surface area contributed by atoms with Gasteiger partial charge in [0.1, 0.15) is 12.1 Å². The van der Waals surface area contributed by atoms with E-state index >= 15 is 0 Å². The van der Waals surface area contributed by atoms with E-state index in [9.17, 15) is 19.5 Å². The molecule has 0 unspecified atom stereocenters. The highest BCUT2D eigenvalue weighted by Gasteiger charge is 2.39. The lowest BCUT2D eigenvalue weighted by atomic mass is 9.97. The molecule has 25 heavy (non-hydrogen) atoms. The molecule has 7 heteroatoms. The van der Waals surface area contributed by atoms with Gasteiger partial charge in [-0.3, -0.25) is 9.69 Å². The van der Waals surface area contributed by atoms with Crippen LogP contribution in [0.3, 0.4) is 0 Å². The third kappa shape index (κ3) is 4.10. The van der Waals surface area contributed by atoms with Crippen molar-refractivity contribution in [2.24, 2.45) is 11.8 Å². The number of carboxylic acid groups (broad SMARTS) is 1. The summed E-state index contributed by atoms with van der Waals surface area (Å²) in [5, 5.41) is 14.8. The molecule has 0 bridgehead atoms. The average Bonchev–Trinajstić information content (AvgIpc) is 2.51. The molecule has 0 spiro atoms. The topological polar surface area (TPSA) is 98.7 Å². The molecule has 136 valence electrons. The van der Waals surface area contributed by atoms with Gasteiger partial charge in [0.05, 0.1) is 11.4 Å². The molecular formula is C18H25N3O4. The molecule has 1 aliphatic heterocycles. The summed E-state index contributed by atoms with van der Waals surface area (Å²) in [5.41, 5.74) is 1.10. The van der Waals surface area contributed by atoms with E-state index in [0.717, 1.165) is 0 Å². The summed E-state index contributed by atoms with van der Waals surface area (Å²) in [4.78, 5) is 38.2. The number of carbonyl (C=O) groups excluding carboxylic acids is 2. The maximum atomic E-state index is 12.9. The van der Waals surface area contributed by atoms with E-state index in [1.165, 1.54) is 4.90 Å². The summed E-state index contributed by atoms with van der Waals surface area (Å²) >= 11 is 0. The smallest absolute Gasteiger partial charge is 0.326 e. The Hall–Kier alpha value is -2.57. The Morgan fingerprint density at radius 3 is 2.44 bits per heavy atom. The van der Waals surface area contributed by atoms with Gasteiger partial charge in [-0.05, 0) is 30.4 Å². The monoisotopic (exact) mass is 347 g/mol. The molecule has 0 radical (unpaired) electrons. The number of benzene rings is 1. The predicted octanol–water partition coefficient (Wildman–Crippen LogP) is 2.68. The SMILES string of the molecule is CC(C)C[C@H](NC(=O)N1c2ccccc2NC(=O)[C@@H]1C(C)C)C(=O)O. The summed E-state index contributed by atoms with van der Waals surface area (Å²) in [5.74, 6) is -1.39. The Morgan fingerprint density at radius 1 is 1.24 bits per heavy atom. The van der Waals surface area contributed by atoms with Crippen LogP contribution in [0.25, 0.3) is 0 Å². The fourth-order valence-electron chi connectivity index (χ4n) is 3.01. The summed E-state index contributed by atoms with van der Waals surface area (Å²) in [7, 11) is 0. The van der Waals surface area contributed by atoms with Crippen LogP contribution in [-0.2, 0) is 9.59 Å². The van der Waals surface area contributed by atoms with Crippen LogP contribution in [0.5, 0.6) is 0 Å². The normalized spacial score (nSPS) is 17.9. The second-order valence-electron chi connectivity index (χ2n) is 7.04. The van der Waals surface area contributed by atoms with Crippen molar-refractivity contribution in [1.29, 1.82) is 0 Å². The van der Waals surface area contributed by atoms with Crippen LogP contribution in [0.15, 0.2) is 24.3 Å². The van der Waals surface area contributed by atoms with E-state index in [2.05, 4.69) is 10.6 Å². The molecule has 1 aliphatic rings. The number of rotatable bonds is 5. The number of amides is 3. The van der Waals surface area contributed by atoms with Crippen LogP contribution >= 0.6 is 0 Å². The fraction of sp³-hybridized carbons (Fsp3) is 0.500. The summed E-state index contributed by atoms with van der Waals surface area (Å²) in [6.07, 6.45) is 0.315. The van der Waals surface area contributed by atoms with Crippen molar-refractivity contribution >= 4 is 29.3 Å². The zero-order valence-electron chi connectivity index (χ0n) is 14.9. The zero-order valence-corrected chi connectivity index (χ0v) is 14.9. The van der Waals surface area contributed by atoms with Crippen LogP contribution in [0, 0.1) is 11.8 Å². The maximum absolute atomic E-state index is 12.9. The molecule has 2 atom stereocenters. The second kappa shape index (κ2) is 7.55. The minimum atomic E-state index is -1.09. The number of carbonyl (C=O) groups is 3. The van der Waals surface area contributed by atoms with Gasteiger partial charge in [0.2, 0.25) is 5.91 Å². The van der Waals surface area contributed by atoms with Crippen molar-refractivity contribution in [2.75, 3.05) is 10.2 Å². The molecular weight excluding hydrogens is 322 g/mol. The lowest BCUT2D eigenvalue weighted by molar-refractivity contribution is -0.139. The van der Waals surface area contributed by atoms with Crippen LogP contribution in [0.1, 0.15) is 34.1 Å². The van der Waals surface area contributed by atoms with Gasteiger partial charge in [0.25, 0.3) is 0 Å². The first-order valence-corrected chi connectivity index (χ1v) is 8.44. The van der Waals surface area contributed by atoms with Gasteiger partial charge in [-0.25, -0.2) is 9.59 Å². The minimum absolute atomic E-state index is 0.110. The highest BCUT2D eigenvalue weighted by atomic mass is 16.4. The number of nitrogens with zero attached hydrogens (tertiary/aromatic N) is 1. The number of urea groups is 1. The van der Waals surface area contributed by atoms with Gasteiger partial charge in [0, 0.05) is 0 Å². The lowest BCUT2D eigenvalue weighted by Crippen LogP contribution is -2.58. The first-order chi connectivity index (χ1) is 11.7. The number of para-hydroxylation sites is 2. The number of carboxylic acids is 1. The van der Waals surface area contributed by atoms with Crippen molar-refractivity contribution in [3.63, 3.8) is 0 Å². The van der Waals surface area contributed by atoms with Crippen LogP contribution in [0.2, 0.25) is 0 Å². The Bertz CT molecular complexity index is 672. The van der Waals surface area contributed by atoms with Gasteiger partial charge in [-0.2, -0.15) is 0 Å². The number of aliphatic carboxylic acids is 1. The molecule has 0 saturated heterocycles. The molecule has 2 rings (SSSR count). The minimum Gasteiger partial charge on any atom is -0.480 e. The highest BCUT2D eigenvalue weighted by molar-refractivity contribution is 6.12. The Labute approximate surface area is 147 Å². The first kappa shape index (κ1) is 18.8. The summed E-state index contributed by atoms with van der Waals surface area (Å²) < 4.78 is 0. The molecule has 7 nitrogen and oxygen atoms in total. The molecule has 1 aromatic rings. The number of nitrogens with one attached hydrogen (secondary N) is 2. The largest absolute Gasteiger partial charge is 0.480 e. The highest BCUT2D eigenvalue weighted by Crippen LogP contribution is 2.34. The molecule has 0 saturated carbocycles. The van der Waals surface area contributed by atoms with E-state index in [-0.39, 0.29) is 17.7 Å². The maximum Gasteiger partial charge on any atom is 0.326 e. The van der Waals surface area contributed by atoms with E-state index in [1.807, 2.05) is 27.7 Å². The third-order valence-corrected chi connectivity index (χ3v) is 4.12. The summed E-state index contributed by atoms with van der Waals surface area (Å²) in [6, 6.07) is 4.71. The van der Waals surface area contributed by atoms with E-state index in [1.54, 1.807) is 24.3 Å². The van der Waals surface area contributed by atoms with Crippen molar-refractivity contribution in [3.05, 3.63) is 24.3 Å². The van der Waals surface area contributed by atoms with Gasteiger partial charge in [0.15, 0.2) is 0 Å². The van der Waals surface area contributed by atoms with Crippen molar-refractivity contribution in [1.82, 2.24) is 5.32 Å². The number of fused-ring (bicyclic) bond motifs is 1. The molecule has 1 heterocycles. The molecule has 0 aromatic heterocycles. The Kier molecular flexibility index (Phi) is 5.66. The Morgan fingerprint density at radius 2 is 1.88 bits per heavy atom. The van der Waals surface area contributed by atoms with Crippen LogP contribution in [-0.4, -0.2) is 35.1 Å². The fourth-order valence-corrected chi connectivity index (χ4v) is 3.01. The molecule has 1 aromatic carbocycles. The van der Waals surface area contributed by atoms with E-state index in [0.29, 0.717) is 17.8 Å². The average molecular weight is 347 g/mol. The molecule has 3 N–H and O–H groups in total. The van der Waals surface area contributed by atoms with Crippen molar-refractivity contribution in [2.45, 2.75) is 46.2 Å². The van der Waals surface area contributed by atoms with Gasteiger partial charge < -0.3 is 15.7 Å². The first-order valence-electron chi connectivity index (χ1n) is 8.44. The van der Waals surface area contributed by atoms with Gasteiger partial charge in [-0.1, -0.05) is 39.8 Å². The summed E-state index contributed by atoms with van der Waals surface area (Å²) in [6.45, 7) is 7.48. The van der Waals surface area contributed by atoms with E-state index < -0.39 is 24.1 Å². The number of hydrogen-bond acceptors (Lipinski definition) is 3. The van der Waals surface area contributed by atoms with Crippen molar-refractivity contribution < 1.29 is 19.5 Å². The second-order valence-corrected chi connectivity index (χ2v) is 7.04. The third-order valence-electron chi connectivity index (χ3n) is 4.12. The van der Waals surface area contributed by atoms with Gasteiger partial charge >= 0.3 is 12.0 Å². The van der Waals surface area contributed by atoms with E-state index in [4.69, 9.17) is 0 Å². The predicted molar refractivity (Wildman–Crippen MR) is 95.6 cm³/mol. The lowest BCUT2D eigenvalue weighted by Gasteiger charge is -2.38. The molecule has 0 fully saturated rings. The number of hydrogen-bond donors (Lipinski definition) is 3. The number of anilines is 2. The van der Waals surface area contributed by atoms with Crippen LogP contribution in [0.4, 0.5) is 16.2 Å². The molecule has 0 aliphatic carbocycles. The van der Waals surface area contributed by atoms with Gasteiger partial charge in [-0.15, -0.1) is 0 Å². The standard InChI is InChI=1S/C18H25N3O4/c1-10(2)9-13(17(23)24)20-18(25)21-14-8-6-5-7-12(14)19-16(22)15(21)11(3)4/h5-8,10-11,13,15H,9H2,1-4H3,(H,19,22)(H,20,25)(H,23,24)/t13-,15-/m0/s1.